The Morgan fingerprint density at radius 3 is 1.94 bits per heavy atom. The minimum absolute atomic E-state index is 0.0602. The average Bonchev–Trinajstić information content (AvgIpc) is 3.10. The van der Waals surface area contributed by atoms with E-state index in [2.05, 4.69) is 59.5 Å². The Morgan fingerprint density at radius 1 is 0.781 bits per heavy atom. The molecule has 2 amide bonds. The maximum atomic E-state index is 13.2. The molecule has 0 spiro atoms. The van der Waals surface area contributed by atoms with E-state index < -0.39 is 0 Å². The molecule has 2 aromatic carbocycles. The number of imide groups is 1. The smallest absolute Gasteiger partial charge is 0.233 e. The molecule has 1 saturated carbocycles. The number of carbonyl (C=O) groups is 2. The molecule has 2 atom stereocenters. The van der Waals surface area contributed by atoms with Crippen molar-refractivity contribution in [2.24, 2.45) is 11.8 Å². The number of piperidine rings is 1. The normalized spacial score (nSPS) is 25.7. The van der Waals surface area contributed by atoms with E-state index >= 15 is 0 Å². The molecule has 4 nitrogen and oxygen atoms in total. The van der Waals surface area contributed by atoms with Gasteiger partial charge in [0.1, 0.15) is 0 Å². The van der Waals surface area contributed by atoms with Gasteiger partial charge in [-0.15, -0.1) is 0 Å². The third kappa shape index (κ3) is 4.13. The van der Waals surface area contributed by atoms with Gasteiger partial charge in [0.25, 0.3) is 0 Å². The Morgan fingerprint density at radius 2 is 1.34 bits per heavy atom. The maximum Gasteiger partial charge on any atom is 0.233 e. The number of hydrogen-bond acceptors (Lipinski definition) is 3. The van der Waals surface area contributed by atoms with Crippen molar-refractivity contribution in [3.63, 3.8) is 0 Å². The van der Waals surface area contributed by atoms with Crippen LogP contribution in [0.1, 0.15) is 49.7 Å². The second kappa shape index (κ2) is 9.19. The van der Waals surface area contributed by atoms with Crippen LogP contribution in [0.3, 0.4) is 0 Å². The van der Waals surface area contributed by atoms with E-state index in [1.54, 1.807) is 4.90 Å². The zero-order valence-electron chi connectivity index (χ0n) is 18.9. The third-order valence-electron chi connectivity index (χ3n) is 8.15. The molecular weight excluding hydrogens is 396 g/mol. The van der Waals surface area contributed by atoms with Crippen LogP contribution in [0.2, 0.25) is 0 Å². The van der Waals surface area contributed by atoms with Gasteiger partial charge in [-0.2, -0.15) is 0 Å². The van der Waals surface area contributed by atoms with Crippen molar-refractivity contribution in [1.82, 2.24) is 9.80 Å². The number of amides is 2. The van der Waals surface area contributed by atoms with Crippen LogP contribution in [0.5, 0.6) is 0 Å². The molecule has 0 bridgehead atoms. The van der Waals surface area contributed by atoms with Crippen LogP contribution in [0.25, 0.3) is 0 Å². The van der Waals surface area contributed by atoms with Gasteiger partial charge < -0.3 is 4.90 Å². The molecule has 2 aliphatic heterocycles. The molecule has 2 unspecified atom stereocenters. The highest BCUT2D eigenvalue weighted by molar-refractivity contribution is 6.05. The molecule has 168 valence electrons. The fourth-order valence-electron chi connectivity index (χ4n) is 6.16. The zero-order chi connectivity index (χ0) is 22.0. The van der Waals surface area contributed by atoms with Gasteiger partial charge in [0.05, 0.1) is 11.8 Å². The summed E-state index contributed by atoms with van der Waals surface area (Å²) in [4.78, 5) is 30.6. The number of fused-ring (bicyclic) bond motifs is 1. The molecule has 2 saturated heterocycles. The van der Waals surface area contributed by atoms with Gasteiger partial charge in [-0.25, -0.2) is 0 Å². The largest absolute Gasteiger partial charge is 0.303 e. The summed E-state index contributed by atoms with van der Waals surface area (Å²) >= 11 is 0. The lowest BCUT2D eigenvalue weighted by Crippen LogP contribution is -2.50. The first kappa shape index (κ1) is 21.4. The van der Waals surface area contributed by atoms with Crippen LogP contribution in [0, 0.1) is 11.8 Å². The van der Waals surface area contributed by atoms with E-state index in [0.717, 1.165) is 64.6 Å². The molecule has 3 fully saturated rings. The maximum absolute atomic E-state index is 13.2. The van der Waals surface area contributed by atoms with Crippen LogP contribution in [0.4, 0.5) is 0 Å². The van der Waals surface area contributed by atoms with Crippen LogP contribution in [-0.2, 0) is 21.4 Å². The van der Waals surface area contributed by atoms with Gasteiger partial charge in [0, 0.05) is 18.5 Å². The number of nitrogens with zero attached hydrogens (tertiary/aromatic N) is 2. The molecule has 3 aliphatic rings. The van der Waals surface area contributed by atoms with Gasteiger partial charge >= 0.3 is 0 Å². The standard InChI is InChI=1S/C28H34N2O2/c31-26-24-13-7-8-14-25(24)27(32)30(26)21-28(23-11-5-2-6-12-23)16-19-29(20-17-28)18-15-22-9-3-1-4-10-22/h1-6,9-12,24-25H,7-8,13-21H2. The summed E-state index contributed by atoms with van der Waals surface area (Å²) in [6.07, 6.45) is 6.96. The first-order chi connectivity index (χ1) is 15.7. The second-order valence-electron chi connectivity index (χ2n) is 9.98. The quantitative estimate of drug-likeness (QED) is 0.636. The lowest BCUT2D eigenvalue weighted by atomic mass is 9.72. The molecule has 2 aromatic rings. The minimum atomic E-state index is -0.136. The van der Waals surface area contributed by atoms with E-state index in [9.17, 15) is 9.59 Å². The molecule has 4 heteroatoms. The fourth-order valence-corrected chi connectivity index (χ4v) is 6.16. The first-order valence-corrected chi connectivity index (χ1v) is 12.3. The molecule has 5 rings (SSSR count). The van der Waals surface area contributed by atoms with E-state index in [1.807, 2.05) is 6.07 Å². The zero-order valence-corrected chi connectivity index (χ0v) is 18.9. The number of rotatable bonds is 6. The predicted molar refractivity (Wildman–Crippen MR) is 126 cm³/mol. The fraction of sp³-hybridized carbons (Fsp3) is 0.500. The topological polar surface area (TPSA) is 40.6 Å². The van der Waals surface area contributed by atoms with E-state index in [4.69, 9.17) is 0 Å². The minimum Gasteiger partial charge on any atom is -0.303 e. The summed E-state index contributed by atoms with van der Waals surface area (Å²) < 4.78 is 0. The Hall–Kier alpha value is -2.46. The summed E-state index contributed by atoms with van der Waals surface area (Å²) in [5.74, 6) is 0.0769. The lowest BCUT2D eigenvalue weighted by Gasteiger charge is -2.44. The van der Waals surface area contributed by atoms with Crippen molar-refractivity contribution in [3.8, 4) is 0 Å². The van der Waals surface area contributed by atoms with Gasteiger partial charge in [-0.05, 0) is 56.3 Å². The number of likely N-dealkylation sites (tertiary alicyclic amines) is 2. The molecule has 32 heavy (non-hydrogen) atoms. The van der Waals surface area contributed by atoms with Gasteiger partial charge in [0.15, 0.2) is 0 Å². The monoisotopic (exact) mass is 430 g/mol. The van der Waals surface area contributed by atoms with Crippen molar-refractivity contribution in [3.05, 3.63) is 71.8 Å². The van der Waals surface area contributed by atoms with Crippen molar-refractivity contribution >= 4 is 11.8 Å². The van der Waals surface area contributed by atoms with Crippen molar-refractivity contribution in [1.29, 1.82) is 0 Å². The Bertz CT molecular complexity index is 910. The predicted octanol–water partition coefficient (Wildman–Crippen LogP) is 4.44. The van der Waals surface area contributed by atoms with Crippen LogP contribution in [0.15, 0.2) is 60.7 Å². The van der Waals surface area contributed by atoms with Crippen molar-refractivity contribution in [2.45, 2.75) is 50.4 Å². The molecule has 0 radical (unpaired) electrons. The summed E-state index contributed by atoms with van der Waals surface area (Å²) in [7, 11) is 0. The third-order valence-corrected chi connectivity index (χ3v) is 8.15. The first-order valence-electron chi connectivity index (χ1n) is 12.3. The van der Waals surface area contributed by atoms with E-state index in [1.165, 1.54) is 11.1 Å². The van der Waals surface area contributed by atoms with Gasteiger partial charge in [-0.1, -0.05) is 73.5 Å². The lowest BCUT2D eigenvalue weighted by molar-refractivity contribution is -0.141. The van der Waals surface area contributed by atoms with Crippen molar-refractivity contribution < 1.29 is 9.59 Å². The SMILES string of the molecule is O=C1C2CCCCC2C(=O)N1CC1(c2ccccc2)CCN(CCc2ccccc2)CC1. The summed E-state index contributed by atoms with van der Waals surface area (Å²) in [5.41, 5.74) is 2.52. The Balaban J connectivity index is 1.31. The Labute approximate surface area is 191 Å². The molecule has 1 aliphatic carbocycles. The van der Waals surface area contributed by atoms with Crippen LogP contribution in [-0.4, -0.2) is 47.8 Å². The van der Waals surface area contributed by atoms with Gasteiger partial charge in [-0.3, -0.25) is 14.5 Å². The Kier molecular flexibility index (Phi) is 6.14. The molecule has 0 aromatic heterocycles. The molecule has 2 heterocycles. The second-order valence-corrected chi connectivity index (χ2v) is 9.98. The number of benzene rings is 2. The van der Waals surface area contributed by atoms with Crippen LogP contribution >= 0.6 is 0 Å². The number of carbonyl (C=O) groups excluding carboxylic acids is 2. The van der Waals surface area contributed by atoms with Crippen molar-refractivity contribution in [2.75, 3.05) is 26.2 Å². The van der Waals surface area contributed by atoms with E-state index in [-0.39, 0.29) is 29.1 Å². The van der Waals surface area contributed by atoms with Crippen LogP contribution < -0.4 is 0 Å². The summed E-state index contributed by atoms with van der Waals surface area (Å²) in [5, 5.41) is 0. The van der Waals surface area contributed by atoms with E-state index in [0.29, 0.717) is 6.54 Å². The van der Waals surface area contributed by atoms with Gasteiger partial charge in [0.2, 0.25) is 11.8 Å². The highest BCUT2D eigenvalue weighted by atomic mass is 16.2. The average molecular weight is 431 g/mol. The highest BCUT2D eigenvalue weighted by Crippen LogP contribution is 2.42. The highest BCUT2D eigenvalue weighted by Gasteiger charge is 2.51. The molecular formula is C28H34N2O2. The number of hydrogen-bond donors (Lipinski definition) is 0. The molecule has 0 N–H and O–H groups in total. The summed E-state index contributed by atoms with van der Waals surface area (Å²) in [6.45, 7) is 3.62. The summed E-state index contributed by atoms with van der Waals surface area (Å²) in [6, 6.07) is 21.3.